The minimum atomic E-state index is 0.192. The van der Waals surface area contributed by atoms with E-state index >= 15 is 0 Å². The van der Waals surface area contributed by atoms with Crippen molar-refractivity contribution < 1.29 is 4.79 Å². The second kappa shape index (κ2) is 6.82. The van der Waals surface area contributed by atoms with E-state index in [0.29, 0.717) is 24.2 Å². The fraction of sp³-hybridized carbons (Fsp3) is 0.632. The van der Waals surface area contributed by atoms with Crippen LogP contribution >= 0.6 is 0 Å². The molecule has 1 fully saturated rings. The quantitative estimate of drug-likeness (QED) is 0.933. The number of benzene rings is 1. The lowest BCUT2D eigenvalue weighted by Crippen LogP contribution is -2.45. The van der Waals surface area contributed by atoms with Crippen molar-refractivity contribution >= 4 is 5.91 Å². The fourth-order valence-electron chi connectivity index (χ4n) is 3.99. The highest BCUT2D eigenvalue weighted by Crippen LogP contribution is 2.28. The number of likely N-dealkylation sites (tertiary alicyclic amines) is 1. The van der Waals surface area contributed by atoms with Crippen molar-refractivity contribution in [1.82, 2.24) is 4.90 Å². The number of carbonyl (C=O) groups is 1. The van der Waals surface area contributed by atoms with Crippen molar-refractivity contribution in [2.45, 2.75) is 51.5 Å². The zero-order valence-corrected chi connectivity index (χ0v) is 13.6. The standard InChI is InChI=1S/C19H28N2O/c1-14(20)18-7-4-10-21(13-18)19(22)12-15-8-9-16-5-2-3-6-17(16)11-15/h2-3,5-6,14-15,18H,4,7-13,20H2,1H3. The first-order chi connectivity index (χ1) is 10.6. The zero-order chi connectivity index (χ0) is 15.5. The van der Waals surface area contributed by atoms with E-state index < -0.39 is 0 Å². The Balaban J connectivity index is 1.56. The van der Waals surface area contributed by atoms with E-state index in [4.69, 9.17) is 5.73 Å². The van der Waals surface area contributed by atoms with E-state index in [-0.39, 0.29) is 6.04 Å². The summed E-state index contributed by atoms with van der Waals surface area (Å²) < 4.78 is 0. The average molecular weight is 300 g/mol. The molecule has 22 heavy (non-hydrogen) atoms. The van der Waals surface area contributed by atoms with Crippen molar-refractivity contribution in [3.8, 4) is 0 Å². The largest absolute Gasteiger partial charge is 0.342 e. The van der Waals surface area contributed by atoms with Gasteiger partial charge in [0.2, 0.25) is 5.91 Å². The van der Waals surface area contributed by atoms with Gasteiger partial charge in [-0.1, -0.05) is 24.3 Å². The van der Waals surface area contributed by atoms with Crippen LogP contribution in [0.1, 0.15) is 43.7 Å². The molecule has 0 saturated carbocycles. The Hall–Kier alpha value is -1.35. The Morgan fingerprint density at radius 3 is 2.86 bits per heavy atom. The molecule has 0 bridgehead atoms. The summed E-state index contributed by atoms with van der Waals surface area (Å²) in [5.74, 6) is 1.33. The number of hydrogen-bond donors (Lipinski definition) is 1. The Morgan fingerprint density at radius 2 is 2.09 bits per heavy atom. The number of fused-ring (bicyclic) bond motifs is 1. The summed E-state index contributed by atoms with van der Waals surface area (Å²) in [6, 6.07) is 8.87. The number of nitrogens with two attached hydrogens (primary N) is 1. The van der Waals surface area contributed by atoms with E-state index in [0.717, 1.165) is 45.2 Å². The second-order valence-electron chi connectivity index (χ2n) is 7.18. The molecule has 1 aromatic rings. The normalized spacial score (nSPS) is 26.4. The molecule has 1 aromatic carbocycles. The number of carbonyl (C=O) groups excluding carboxylic acids is 1. The maximum atomic E-state index is 12.6. The smallest absolute Gasteiger partial charge is 0.222 e. The number of nitrogens with zero attached hydrogens (tertiary/aromatic N) is 1. The SMILES string of the molecule is CC(N)C1CCCN(C(=O)CC2CCc3ccccc3C2)C1. The first-order valence-corrected chi connectivity index (χ1v) is 8.73. The van der Waals surface area contributed by atoms with Crippen LogP contribution in [0.2, 0.25) is 0 Å². The van der Waals surface area contributed by atoms with Gasteiger partial charge in [0.1, 0.15) is 0 Å². The van der Waals surface area contributed by atoms with Crippen molar-refractivity contribution in [3.05, 3.63) is 35.4 Å². The third kappa shape index (κ3) is 3.52. The summed E-state index contributed by atoms with van der Waals surface area (Å²) in [5.41, 5.74) is 8.95. The van der Waals surface area contributed by atoms with Crippen molar-refractivity contribution in [1.29, 1.82) is 0 Å². The molecule has 0 aromatic heterocycles. The van der Waals surface area contributed by atoms with Gasteiger partial charge in [-0.25, -0.2) is 0 Å². The molecule has 0 radical (unpaired) electrons. The summed E-state index contributed by atoms with van der Waals surface area (Å²) in [6.07, 6.45) is 6.31. The lowest BCUT2D eigenvalue weighted by Gasteiger charge is -2.36. The molecule has 1 saturated heterocycles. The third-order valence-electron chi connectivity index (χ3n) is 5.47. The van der Waals surface area contributed by atoms with Crippen molar-refractivity contribution in [2.75, 3.05) is 13.1 Å². The molecule has 3 atom stereocenters. The summed E-state index contributed by atoms with van der Waals surface area (Å²) >= 11 is 0. The van der Waals surface area contributed by atoms with Crippen LogP contribution < -0.4 is 5.73 Å². The average Bonchev–Trinajstić information content (AvgIpc) is 2.55. The number of piperidine rings is 1. The van der Waals surface area contributed by atoms with Gasteiger partial charge in [-0.3, -0.25) is 4.79 Å². The molecule has 2 aliphatic rings. The van der Waals surface area contributed by atoms with Crippen molar-refractivity contribution in [2.24, 2.45) is 17.6 Å². The maximum Gasteiger partial charge on any atom is 0.222 e. The predicted molar refractivity (Wildman–Crippen MR) is 89.5 cm³/mol. The molecular formula is C19H28N2O. The van der Waals surface area contributed by atoms with Crippen LogP contribution in [0.3, 0.4) is 0 Å². The monoisotopic (exact) mass is 300 g/mol. The molecule has 1 amide bonds. The predicted octanol–water partition coefficient (Wildman–Crippen LogP) is 2.77. The van der Waals surface area contributed by atoms with Crippen LogP contribution in [-0.4, -0.2) is 29.9 Å². The number of rotatable bonds is 3. The van der Waals surface area contributed by atoms with E-state index in [1.807, 2.05) is 0 Å². The van der Waals surface area contributed by atoms with Gasteiger partial charge in [0.15, 0.2) is 0 Å². The van der Waals surface area contributed by atoms with Crippen molar-refractivity contribution in [3.63, 3.8) is 0 Å². The van der Waals surface area contributed by atoms with Crippen LogP contribution in [0.4, 0.5) is 0 Å². The molecule has 2 N–H and O–H groups in total. The molecule has 3 nitrogen and oxygen atoms in total. The number of amides is 1. The first kappa shape index (κ1) is 15.5. The van der Waals surface area contributed by atoms with Gasteiger partial charge in [-0.15, -0.1) is 0 Å². The summed E-state index contributed by atoms with van der Waals surface area (Å²) in [7, 11) is 0. The molecule has 1 heterocycles. The number of hydrogen-bond acceptors (Lipinski definition) is 2. The molecular weight excluding hydrogens is 272 g/mol. The minimum Gasteiger partial charge on any atom is -0.342 e. The van der Waals surface area contributed by atoms with Gasteiger partial charge in [0.25, 0.3) is 0 Å². The molecule has 3 heteroatoms. The lowest BCUT2D eigenvalue weighted by molar-refractivity contribution is -0.134. The van der Waals surface area contributed by atoms with Crippen LogP contribution in [0, 0.1) is 11.8 Å². The highest BCUT2D eigenvalue weighted by molar-refractivity contribution is 5.76. The summed E-state index contributed by atoms with van der Waals surface area (Å²) in [5, 5.41) is 0. The highest BCUT2D eigenvalue weighted by Gasteiger charge is 2.28. The van der Waals surface area contributed by atoms with Gasteiger partial charge < -0.3 is 10.6 Å². The molecule has 1 aliphatic carbocycles. The van der Waals surface area contributed by atoms with Gasteiger partial charge in [0, 0.05) is 25.6 Å². The van der Waals surface area contributed by atoms with E-state index in [9.17, 15) is 4.79 Å². The van der Waals surface area contributed by atoms with Gasteiger partial charge in [-0.2, -0.15) is 0 Å². The van der Waals surface area contributed by atoms with Gasteiger partial charge >= 0.3 is 0 Å². The Labute approximate surface area is 133 Å². The molecule has 0 spiro atoms. The van der Waals surface area contributed by atoms with Crippen LogP contribution in [-0.2, 0) is 17.6 Å². The second-order valence-corrected chi connectivity index (χ2v) is 7.18. The number of aryl methyl sites for hydroxylation is 1. The van der Waals surface area contributed by atoms with Gasteiger partial charge in [-0.05, 0) is 62.0 Å². The van der Waals surface area contributed by atoms with Gasteiger partial charge in [0.05, 0.1) is 0 Å². The molecule has 1 aliphatic heterocycles. The maximum absolute atomic E-state index is 12.6. The molecule has 3 unspecified atom stereocenters. The third-order valence-corrected chi connectivity index (χ3v) is 5.47. The lowest BCUT2D eigenvalue weighted by atomic mass is 9.82. The molecule has 3 rings (SSSR count). The summed E-state index contributed by atoms with van der Waals surface area (Å²) in [6.45, 7) is 3.85. The minimum absolute atomic E-state index is 0.192. The van der Waals surface area contributed by atoms with Crippen LogP contribution in [0.5, 0.6) is 0 Å². The topological polar surface area (TPSA) is 46.3 Å². The highest BCUT2D eigenvalue weighted by atomic mass is 16.2. The molecule has 120 valence electrons. The Morgan fingerprint density at radius 1 is 1.32 bits per heavy atom. The summed E-state index contributed by atoms with van der Waals surface area (Å²) in [4.78, 5) is 14.7. The fourth-order valence-corrected chi connectivity index (χ4v) is 3.99. The van der Waals surface area contributed by atoms with E-state index in [2.05, 4.69) is 36.1 Å². The van der Waals surface area contributed by atoms with Crippen LogP contribution in [0.15, 0.2) is 24.3 Å². The van der Waals surface area contributed by atoms with Crippen LogP contribution in [0.25, 0.3) is 0 Å². The Bertz CT molecular complexity index is 526. The zero-order valence-electron chi connectivity index (χ0n) is 13.6. The van der Waals surface area contributed by atoms with E-state index in [1.165, 1.54) is 11.1 Å². The Kier molecular flexibility index (Phi) is 4.82. The first-order valence-electron chi connectivity index (χ1n) is 8.73. The van der Waals surface area contributed by atoms with E-state index in [1.54, 1.807) is 0 Å².